The van der Waals surface area contributed by atoms with E-state index in [9.17, 15) is 4.39 Å². The summed E-state index contributed by atoms with van der Waals surface area (Å²) in [6.45, 7) is 5.10. The minimum absolute atomic E-state index is 0.262. The molecule has 0 radical (unpaired) electrons. The Morgan fingerprint density at radius 2 is 1.90 bits per heavy atom. The third kappa shape index (κ3) is 3.60. The van der Waals surface area contributed by atoms with Gasteiger partial charge in [0.25, 0.3) is 0 Å². The summed E-state index contributed by atoms with van der Waals surface area (Å²) in [5.41, 5.74) is 2.37. The van der Waals surface area contributed by atoms with E-state index in [-0.39, 0.29) is 11.6 Å². The number of halogens is 1. The zero-order valence-corrected chi connectivity index (χ0v) is 11.6. The fraction of sp³-hybridized carbons (Fsp3) is 0.267. The summed E-state index contributed by atoms with van der Waals surface area (Å²) in [6.07, 6.45) is 3.43. The van der Waals surface area contributed by atoms with Crippen LogP contribution in [0.2, 0.25) is 0 Å². The number of hydrogen-bond acceptors (Lipinski definition) is 4. The molecule has 1 heterocycles. The molecule has 0 aliphatic heterocycles. The zero-order chi connectivity index (χ0) is 14.4. The van der Waals surface area contributed by atoms with Gasteiger partial charge < -0.3 is 15.4 Å². The van der Waals surface area contributed by atoms with Gasteiger partial charge in [-0.1, -0.05) is 0 Å². The van der Waals surface area contributed by atoms with E-state index in [1.54, 1.807) is 24.5 Å². The smallest absolute Gasteiger partial charge is 0.167 e. The van der Waals surface area contributed by atoms with Crippen LogP contribution in [-0.4, -0.2) is 18.1 Å². The number of benzene rings is 1. The maximum absolute atomic E-state index is 13.7. The molecule has 0 saturated heterocycles. The van der Waals surface area contributed by atoms with E-state index < -0.39 is 0 Å². The summed E-state index contributed by atoms with van der Waals surface area (Å²) in [5.74, 6) is -0.120. The topological polar surface area (TPSA) is 46.2 Å². The molecule has 0 unspecified atom stereocenters. The van der Waals surface area contributed by atoms with Gasteiger partial charge in [-0.2, -0.15) is 0 Å². The maximum atomic E-state index is 13.7. The Balaban J connectivity index is 2.13. The number of nitrogens with zero attached hydrogens (tertiary/aromatic N) is 1. The molecule has 2 N–H and O–H groups in total. The molecule has 0 aliphatic carbocycles. The van der Waals surface area contributed by atoms with Gasteiger partial charge in [-0.15, -0.1) is 0 Å². The van der Waals surface area contributed by atoms with Crippen molar-refractivity contribution in [1.29, 1.82) is 0 Å². The number of pyridine rings is 1. The first-order valence-corrected chi connectivity index (χ1v) is 6.61. The van der Waals surface area contributed by atoms with Gasteiger partial charge >= 0.3 is 0 Å². The molecule has 0 atom stereocenters. The molecular weight excluding hydrogens is 257 g/mol. The highest BCUT2D eigenvalue weighted by Crippen LogP contribution is 2.24. The Hall–Kier alpha value is -2.30. The van der Waals surface area contributed by atoms with Crippen LogP contribution in [0.3, 0.4) is 0 Å². The molecule has 20 heavy (non-hydrogen) atoms. The first-order chi connectivity index (χ1) is 9.72. The highest BCUT2D eigenvalue weighted by Gasteiger charge is 2.05. The van der Waals surface area contributed by atoms with Gasteiger partial charge in [0.2, 0.25) is 0 Å². The number of rotatable bonds is 6. The van der Waals surface area contributed by atoms with Crippen LogP contribution < -0.4 is 15.4 Å². The monoisotopic (exact) mass is 275 g/mol. The Morgan fingerprint density at radius 3 is 2.60 bits per heavy atom. The number of nitrogens with one attached hydrogen (secondary N) is 2. The number of aromatic nitrogens is 1. The minimum atomic E-state index is -0.382. The molecule has 2 rings (SSSR count). The van der Waals surface area contributed by atoms with Crippen molar-refractivity contribution in [2.75, 3.05) is 23.8 Å². The normalized spacial score (nSPS) is 10.2. The highest BCUT2D eigenvalue weighted by molar-refractivity contribution is 5.63. The number of hydrogen-bond donors (Lipinski definition) is 2. The van der Waals surface area contributed by atoms with Crippen LogP contribution in [0.25, 0.3) is 0 Å². The molecule has 0 saturated carbocycles. The summed E-state index contributed by atoms with van der Waals surface area (Å²) >= 11 is 0. The Labute approximate surface area is 118 Å². The van der Waals surface area contributed by atoms with E-state index >= 15 is 0 Å². The predicted octanol–water partition coefficient (Wildman–Crippen LogP) is 3.79. The van der Waals surface area contributed by atoms with Crippen LogP contribution in [-0.2, 0) is 0 Å². The van der Waals surface area contributed by atoms with Crippen LogP contribution in [0.1, 0.15) is 13.8 Å². The van der Waals surface area contributed by atoms with Crippen LogP contribution in [0.15, 0.2) is 36.7 Å². The standard InChI is InChI=1S/C15H18FN3O/c1-3-18-12-7-13(10-17-9-12)19-11-5-6-15(20-4-2)14(16)8-11/h5-10,18-19H,3-4H2,1-2H3. The lowest BCUT2D eigenvalue weighted by molar-refractivity contribution is 0.321. The second-order valence-electron chi connectivity index (χ2n) is 4.20. The average molecular weight is 275 g/mol. The van der Waals surface area contributed by atoms with Crippen molar-refractivity contribution >= 4 is 17.1 Å². The molecule has 0 aliphatic rings. The molecule has 1 aromatic carbocycles. The molecule has 4 nitrogen and oxygen atoms in total. The van der Waals surface area contributed by atoms with Crippen molar-refractivity contribution in [3.8, 4) is 5.75 Å². The van der Waals surface area contributed by atoms with E-state index in [1.165, 1.54) is 6.07 Å². The quantitative estimate of drug-likeness (QED) is 0.842. The molecule has 0 fully saturated rings. The van der Waals surface area contributed by atoms with Gasteiger partial charge in [0, 0.05) is 18.3 Å². The third-order valence-corrected chi connectivity index (χ3v) is 2.64. The van der Waals surface area contributed by atoms with Crippen molar-refractivity contribution in [1.82, 2.24) is 4.98 Å². The van der Waals surface area contributed by atoms with Crippen LogP contribution in [0.5, 0.6) is 5.75 Å². The molecule has 2 aromatic rings. The molecule has 0 spiro atoms. The molecule has 5 heteroatoms. The fourth-order valence-corrected chi connectivity index (χ4v) is 1.83. The lowest BCUT2D eigenvalue weighted by atomic mass is 10.2. The number of anilines is 3. The van der Waals surface area contributed by atoms with Gasteiger partial charge in [0.1, 0.15) is 0 Å². The summed E-state index contributed by atoms with van der Waals surface area (Å²) in [5, 5.41) is 6.29. The van der Waals surface area contributed by atoms with E-state index in [0.717, 1.165) is 17.9 Å². The minimum Gasteiger partial charge on any atom is -0.491 e. The van der Waals surface area contributed by atoms with Crippen LogP contribution in [0, 0.1) is 5.82 Å². The first kappa shape index (κ1) is 14.1. The molecule has 0 bridgehead atoms. The maximum Gasteiger partial charge on any atom is 0.167 e. The van der Waals surface area contributed by atoms with E-state index in [4.69, 9.17) is 4.74 Å². The number of ether oxygens (including phenoxy) is 1. The van der Waals surface area contributed by atoms with Gasteiger partial charge in [-0.25, -0.2) is 4.39 Å². The van der Waals surface area contributed by atoms with Crippen molar-refractivity contribution in [2.24, 2.45) is 0 Å². The van der Waals surface area contributed by atoms with Crippen LogP contribution in [0.4, 0.5) is 21.5 Å². The molecule has 0 amide bonds. The van der Waals surface area contributed by atoms with E-state index in [1.807, 2.05) is 19.9 Å². The third-order valence-electron chi connectivity index (χ3n) is 2.64. The Morgan fingerprint density at radius 1 is 1.10 bits per heavy atom. The van der Waals surface area contributed by atoms with Gasteiger partial charge in [0.15, 0.2) is 11.6 Å². The van der Waals surface area contributed by atoms with Crippen molar-refractivity contribution in [3.63, 3.8) is 0 Å². The van der Waals surface area contributed by atoms with Crippen molar-refractivity contribution < 1.29 is 9.13 Å². The van der Waals surface area contributed by atoms with Crippen molar-refractivity contribution in [2.45, 2.75) is 13.8 Å². The molecular formula is C15H18FN3O. The van der Waals surface area contributed by atoms with Gasteiger partial charge in [0.05, 0.1) is 30.4 Å². The Kier molecular flexibility index (Phi) is 4.76. The second kappa shape index (κ2) is 6.75. The summed E-state index contributed by atoms with van der Waals surface area (Å²) in [6, 6.07) is 6.71. The van der Waals surface area contributed by atoms with Gasteiger partial charge in [-0.3, -0.25) is 4.98 Å². The summed E-state index contributed by atoms with van der Waals surface area (Å²) < 4.78 is 18.9. The molecule has 106 valence electrons. The predicted molar refractivity (Wildman–Crippen MR) is 79.3 cm³/mol. The Bertz CT molecular complexity index is 575. The highest BCUT2D eigenvalue weighted by atomic mass is 19.1. The fourth-order valence-electron chi connectivity index (χ4n) is 1.83. The largest absolute Gasteiger partial charge is 0.491 e. The molecule has 1 aromatic heterocycles. The van der Waals surface area contributed by atoms with Gasteiger partial charge in [-0.05, 0) is 32.0 Å². The van der Waals surface area contributed by atoms with Crippen molar-refractivity contribution in [3.05, 3.63) is 42.5 Å². The zero-order valence-electron chi connectivity index (χ0n) is 11.6. The SMILES string of the molecule is CCNc1cncc(Nc2ccc(OCC)c(F)c2)c1. The summed E-state index contributed by atoms with van der Waals surface area (Å²) in [7, 11) is 0. The second-order valence-corrected chi connectivity index (χ2v) is 4.20. The van der Waals surface area contributed by atoms with E-state index in [2.05, 4.69) is 15.6 Å². The average Bonchev–Trinajstić information content (AvgIpc) is 2.43. The lowest BCUT2D eigenvalue weighted by Crippen LogP contribution is -1.99. The summed E-state index contributed by atoms with van der Waals surface area (Å²) in [4.78, 5) is 4.13. The first-order valence-electron chi connectivity index (χ1n) is 6.61. The van der Waals surface area contributed by atoms with Crippen LogP contribution >= 0.6 is 0 Å². The lowest BCUT2D eigenvalue weighted by Gasteiger charge is -2.10. The van der Waals surface area contributed by atoms with E-state index in [0.29, 0.717) is 12.3 Å².